The summed E-state index contributed by atoms with van der Waals surface area (Å²) in [7, 11) is -3.72. The number of benzene rings is 2. The average molecular weight is 486 g/mol. The monoisotopic (exact) mass is 485 g/mol. The van der Waals surface area contributed by atoms with Crippen LogP contribution in [0.1, 0.15) is 21.5 Å². The van der Waals surface area contributed by atoms with Crippen LogP contribution in [0.4, 0.5) is 5.69 Å². The van der Waals surface area contributed by atoms with E-state index in [2.05, 4.69) is 16.4 Å². The number of aromatic nitrogens is 1. The SMILES string of the molecule is N#Cc1ccc(C(=O)N2CC(S(=O)(=O)C3CNc4cncc(-c5ccc(C#N)cc5)c4O3)C2)cc1. The molecule has 1 fully saturated rings. The fourth-order valence-electron chi connectivity index (χ4n) is 4.08. The average Bonchev–Trinajstić information content (AvgIpc) is 2.87. The van der Waals surface area contributed by atoms with Crippen molar-refractivity contribution in [2.75, 3.05) is 25.0 Å². The van der Waals surface area contributed by atoms with Crippen molar-refractivity contribution in [3.05, 3.63) is 77.6 Å². The van der Waals surface area contributed by atoms with Crippen molar-refractivity contribution in [2.24, 2.45) is 0 Å². The Morgan fingerprint density at radius 1 is 1.00 bits per heavy atom. The van der Waals surface area contributed by atoms with Gasteiger partial charge in [-0.05, 0) is 42.0 Å². The highest BCUT2D eigenvalue weighted by atomic mass is 32.2. The van der Waals surface area contributed by atoms with Gasteiger partial charge in [0.2, 0.25) is 5.44 Å². The lowest BCUT2D eigenvalue weighted by atomic mass is 10.0. The number of rotatable bonds is 4. The number of carbonyl (C=O) groups is 1. The van der Waals surface area contributed by atoms with Crippen LogP contribution in [-0.2, 0) is 9.84 Å². The summed E-state index contributed by atoms with van der Waals surface area (Å²) in [6.45, 7) is 0.216. The third-order valence-corrected chi connectivity index (χ3v) is 8.38. The van der Waals surface area contributed by atoms with E-state index in [-0.39, 0.29) is 25.5 Å². The van der Waals surface area contributed by atoms with E-state index in [0.717, 1.165) is 5.56 Å². The number of amides is 1. The maximum absolute atomic E-state index is 13.3. The van der Waals surface area contributed by atoms with E-state index >= 15 is 0 Å². The van der Waals surface area contributed by atoms with Gasteiger partial charge in [-0.15, -0.1) is 0 Å². The van der Waals surface area contributed by atoms with E-state index in [4.69, 9.17) is 15.3 Å². The maximum Gasteiger partial charge on any atom is 0.253 e. The van der Waals surface area contributed by atoms with Crippen LogP contribution in [0.25, 0.3) is 11.1 Å². The van der Waals surface area contributed by atoms with E-state index in [0.29, 0.717) is 33.7 Å². The predicted octanol–water partition coefficient (Wildman–Crippen LogP) is 2.56. The summed E-state index contributed by atoms with van der Waals surface area (Å²) < 4.78 is 32.6. The van der Waals surface area contributed by atoms with E-state index in [1.807, 2.05) is 6.07 Å². The summed E-state index contributed by atoms with van der Waals surface area (Å²) in [5.74, 6) is 0.109. The molecule has 2 aliphatic rings. The van der Waals surface area contributed by atoms with Gasteiger partial charge in [0.05, 0.1) is 41.7 Å². The highest BCUT2D eigenvalue weighted by Crippen LogP contribution is 2.40. The molecule has 0 spiro atoms. The molecule has 1 atom stereocenters. The number of pyridine rings is 1. The normalized spacial score (nSPS) is 17.1. The third-order valence-electron chi connectivity index (χ3n) is 6.16. The summed E-state index contributed by atoms with van der Waals surface area (Å²) in [5.41, 5.74) is 2.20. The molecule has 174 valence electrons. The number of anilines is 1. The van der Waals surface area contributed by atoms with Crippen molar-refractivity contribution in [2.45, 2.75) is 10.7 Å². The zero-order valence-corrected chi connectivity index (χ0v) is 19.2. The van der Waals surface area contributed by atoms with Crippen molar-refractivity contribution >= 4 is 21.4 Å². The smallest absolute Gasteiger partial charge is 0.253 e. The largest absolute Gasteiger partial charge is 0.470 e. The van der Waals surface area contributed by atoms with Gasteiger partial charge in [-0.1, -0.05) is 12.1 Å². The molecule has 2 aromatic carbocycles. The molecular formula is C25H19N5O4S. The molecule has 0 saturated carbocycles. The number of nitriles is 2. The van der Waals surface area contributed by atoms with Gasteiger partial charge < -0.3 is 15.0 Å². The Bertz CT molecular complexity index is 1480. The summed E-state index contributed by atoms with van der Waals surface area (Å²) in [6.07, 6.45) is 3.17. The molecule has 2 aliphatic heterocycles. The van der Waals surface area contributed by atoms with Crippen molar-refractivity contribution in [1.29, 1.82) is 10.5 Å². The lowest BCUT2D eigenvalue weighted by Gasteiger charge is -2.41. The molecule has 3 heterocycles. The Morgan fingerprint density at radius 3 is 2.26 bits per heavy atom. The van der Waals surface area contributed by atoms with E-state index < -0.39 is 20.5 Å². The molecule has 0 radical (unpaired) electrons. The zero-order valence-electron chi connectivity index (χ0n) is 18.4. The molecule has 3 aromatic rings. The topological polar surface area (TPSA) is 136 Å². The molecule has 1 aromatic heterocycles. The minimum atomic E-state index is -3.72. The van der Waals surface area contributed by atoms with Gasteiger partial charge in [-0.3, -0.25) is 9.78 Å². The van der Waals surface area contributed by atoms with Gasteiger partial charge in [-0.2, -0.15) is 10.5 Å². The molecule has 5 rings (SSSR count). The van der Waals surface area contributed by atoms with Crippen LogP contribution >= 0.6 is 0 Å². The Morgan fingerprint density at radius 2 is 1.63 bits per heavy atom. The first kappa shape index (κ1) is 22.4. The molecule has 1 unspecified atom stereocenters. The fraction of sp³-hybridized carbons (Fsp3) is 0.200. The minimum absolute atomic E-state index is 0.0634. The van der Waals surface area contributed by atoms with Gasteiger partial charge in [0.15, 0.2) is 15.6 Å². The predicted molar refractivity (Wildman–Crippen MR) is 127 cm³/mol. The van der Waals surface area contributed by atoms with Crippen molar-refractivity contribution in [3.8, 4) is 29.0 Å². The Balaban J connectivity index is 1.31. The molecular weight excluding hydrogens is 466 g/mol. The lowest BCUT2D eigenvalue weighted by molar-refractivity contribution is 0.0655. The van der Waals surface area contributed by atoms with Crippen LogP contribution < -0.4 is 10.1 Å². The number of nitrogens with zero attached hydrogens (tertiary/aromatic N) is 4. The minimum Gasteiger partial charge on any atom is -0.470 e. The number of fused-ring (bicyclic) bond motifs is 1. The Kier molecular flexibility index (Phi) is 5.59. The van der Waals surface area contributed by atoms with Crippen molar-refractivity contribution < 1.29 is 17.9 Å². The maximum atomic E-state index is 13.3. The number of hydrogen-bond acceptors (Lipinski definition) is 8. The van der Waals surface area contributed by atoms with Gasteiger partial charge in [0.1, 0.15) is 5.25 Å². The van der Waals surface area contributed by atoms with Gasteiger partial charge in [0.25, 0.3) is 5.91 Å². The molecule has 10 heteroatoms. The fourth-order valence-corrected chi connectivity index (χ4v) is 5.83. The van der Waals surface area contributed by atoms with Crippen LogP contribution in [0.3, 0.4) is 0 Å². The van der Waals surface area contributed by atoms with Crippen molar-refractivity contribution in [3.63, 3.8) is 0 Å². The van der Waals surface area contributed by atoms with Crippen LogP contribution in [-0.4, -0.2) is 54.5 Å². The molecule has 1 amide bonds. The Labute approximate surface area is 202 Å². The summed E-state index contributed by atoms with van der Waals surface area (Å²) in [5, 5.41) is 20.3. The lowest BCUT2D eigenvalue weighted by Crippen LogP contribution is -2.60. The molecule has 0 aliphatic carbocycles. The summed E-state index contributed by atoms with van der Waals surface area (Å²) >= 11 is 0. The molecule has 1 N–H and O–H groups in total. The first-order valence-corrected chi connectivity index (χ1v) is 12.4. The highest BCUT2D eigenvalue weighted by molar-refractivity contribution is 7.92. The standard InChI is InChI=1S/C25H19N5O4S/c26-9-16-1-5-18(6-2-16)21-11-28-12-22-24(21)34-23(13-29-22)35(32,33)20-14-30(15-20)25(31)19-7-3-17(10-27)4-8-19/h1-8,11-12,20,23,29H,13-15H2. The van der Waals surface area contributed by atoms with E-state index in [1.165, 1.54) is 4.90 Å². The second-order valence-electron chi connectivity index (χ2n) is 8.29. The molecule has 1 saturated heterocycles. The first-order valence-electron chi connectivity index (χ1n) is 10.8. The number of hydrogen-bond donors (Lipinski definition) is 1. The van der Waals surface area contributed by atoms with Crippen molar-refractivity contribution in [1.82, 2.24) is 9.88 Å². The third kappa shape index (κ3) is 4.05. The summed E-state index contributed by atoms with van der Waals surface area (Å²) in [6, 6.07) is 17.2. The van der Waals surface area contributed by atoms with Crippen LogP contribution in [0.5, 0.6) is 5.75 Å². The van der Waals surface area contributed by atoms with Crippen LogP contribution in [0.2, 0.25) is 0 Å². The second-order valence-corrected chi connectivity index (χ2v) is 10.7. The first-order chi connectivity index (χ1) is 16.9. The number of nitrogens with one attached hydrogen (secondary N) is 1. The summed E-state index contributed by atoms with van der Waals surface area (Å²) in [4.78, 5) is 18.4. The zero-order chi connectivity index (χ0) is 24.6. The van der Waals surface area contributed by atoms with Crippen LogP contribution in [0, 0.1) is 22.7 Å². The number of sulfone groups is 1. The van der Waals surface area contributed by atoms with E-state index in [9.17, 15) is 13.2 Å². The number of likely N-dealkylation sites (tertiary alicyclic amines) is 1. The second kappa shape index (κ2) is 8.75. The number of carbonyl (C=O) groups excluding carboxylic acids is 1. The number of ether oxygens (including phenoxy) is 1. The molecule has 0 bridgehead atoms. The molecule has 35 heavy (non-hydrogen) atoms. The van der Waals surface area contributed by atoms with Gasteiger partial charge in [0, 0.05) is 30.4 Å². The quantitative estimate of drug-likeness (QED) is 0.595. The van der Waals surface area contributed by atoms with Crippen LogP contribution in [0.15, 0.2) is 60.9 Å². The van der Waals surface area contributed by atoms with E-state index in [1.54, 1.807) is 60.9 Å². The molecule has 9 nitrogen and oxygen atoms in total. The van der Waals surface area contributed by atoms with Gasteiger partial charge in [-0.25, -0.2) is 8.42 Å². The Hall–Kier alpha value is -4.41. The van der Waals surface area contributed by atoms with Gasteiger partial charge >= 0.3 is 0 Å². The highest BCUT2D eigenvalue weighted by Gasteiger charge is 2.46.